The molecule has 0 radical (unpaired) electrons. The minimum Gasteiger partial charge on any atom is -0.488 e. The maximum absolute atomic E-state index is 13.5. The zero-order chi connectivity index (χ0) is 18.9. The van der Waals surface area contributed by atoms with Gasteiger partial charge in [-0.1, -0.05) is 18.2 Å². The molecule has 1 saturated heterocycles. The minimum absolute atomic E-state index is 0.0343. The van der Waals surface area contributed by atoms with Crippen LogP contribution in [0.15, 0.2) is 24.3 Å². The predicted octanol–water partition coefficient (Wildman–Crippen LogP) is 1.99. The molecule has 2 unspecified atom stereocenters. The first-order chi connectivity index (χ1) is 12.2. The number of ether oxygens (including phenoxy) is 2. The van der Waals surface area contributed by atoms with E-state index in [0.29, 0.717) is 26.0 Å². The molecular formula is C19H27NO5S. The van der Waals surface area contributed by atoms with Crippen LogP contribution in [-0.2, 0) is 19.4 Å². The van der Waals surface area contributed by atoms with Gasteiger partial charge < -0.3 is 14.4 Å². The van der Waals surface area contributed by atoms with E-state index in [1.807, 2.05) is 38.1 Å². The standard InChI is InChI=1S/C19H27NO5S/c1-19(2)12-16(15-6-4-5-7-17(15)25-19)18(21)20(9-10-24-3)14-8-11-26(22,23)13-14/h4-7,14,16H,8-13H2,1-3H3. The maximum Gasteiger partial charge on any atom is 0.230 e. The Morgan fingerprint density at radius 3 is 2.73 bits per heavy atom. The molecule has 2 aliphatic rings. The first kappa shape index (κ1) is 19.2. The zero-order valence-electron chi connectivity index (χ0n) is 15.6. The van der Waals surface area contributed by atoms with Gasteiger partial charge in [-0.2, -0.15) is 0 Å². The lowest BCUT2D eigenvalue weighted by Gasteiger charge is -2.40. The molecule has 0 spiro atoms. The van der Waals surface area contributed by atoms with Crippen LogP contribution in [0, 0.1) is 0 Å². The first-order valence-corrected chi connectivity index (χ1v) is 10.8. The number of benzene rings is 1. The summed E-state index contributed by atoms with van der Waals surface area (Å²) in [5, 5.41) is 0. The molecule has 26 heavy (non-hydrogen) atoms. The maximum atomic E-state index is 13.5. The molecule has 0 aliphatic carbocycles. The fourth-order valence-electron chi connectivity index (χ4n) is 3.91. The molecule has 0 saturated carbocycles. The van der Waals surface area contributed by atoms with Crippen molar-refractivity contribution in [3.05, 3.63) is 29.8 Å². The summed E-state index contributed by atoms with van der Waals surface area (Å²) in [7, 11) is -1.49. The lowest BCUT2D eigenvalue weighted by Crippen LogP contribution is -2.48. The van der Waals surface area contributed by atoms with E-state index in [-0.39, 0.29) is 29.4 Å². The zero-order valence-corrected chi connectivity index (χ0v) is 16.4. The highest BCUT2D eigenvalue weighted by Gasteiger charge is 2.42. The highest BCUT2D eigenvalue weighted by Crippen LogP contribution is 2.42. The van der Waals surface area contributed by atoms with Gasteiger partial charge >= 0.3 is 0 Å². The number of carbonyl (C=O) groups excluding carboxylic acids is 1. The van der Waals surface area contributed by atoms with Crippen molar-refractivity contribution in [2.24, 2.45) is 0 Å². The second kappa shape index (κ2) is 7.19. The van der Waals surface area contributed by atoms with Gasteiger partial charge in [0.1, 0.15) is 11.4 Å². The summed E-state index contributed by atoms with van der Waals surface area (Å²) < 4.78 is 35.1. The van der Waals surface area contributed by atoms with Gasteiger partial charge in [0.2, 0.25) is 5.91 Å². The molecule has 2 aliphatic heterocycles. The van der Waals surface area contributed by atoms with Crippen LogP contribution in [0.3, 0.4) is 0 Å². The Bertz CT molecular complexity index is 774. The smallest absolute Gasteiger partial charge is 0.230 e. The third-order valence-corrected chi connectivity index (χ3v) is 6.89. The second-order valence-electron chi connectivity index (χ2n) is 7.74. The first-order valence-electron chi connectivity index (χ1n) is 9.00. The van der Waals surface area contributed by atoms with Crippen LogP contribution >= 0.6 is 0 Å². The monoisotopic (exact) mass is 381 g/mol. The molecule has 1 fully saturated rings. The third kappa shape index (κ3) is 4.04. The van der Waals surface area contributed by atoms with Gasteiger partial charge in [-0.05, 0) is 26.3 Å². The molecule has 2 atom stereocenters. The summed E-state index contributed by atoms with van der Waals surface area (Å²) in [5.41, 5.74) is 0.420. The molecular weight excluding hydrogens is 354 g/mol. The fourth-order valence-corrected chi connectivity index (χ4v) is 5.64. The number of methoxy groups -OCH3 is 1. The van der Waals surface area contributed by atoms with Gasteiger partial charge in [-0.25, -0.2) is 8.42 Å². The molecule has 1 aromatic rings. The van der Waals surface area contributed by atoms with Crippen LogP contribution in [0.1, 0.15) is 38.2 Å². The van der Waals surface area contributed by atoms with Crippen molar-refractivity contribution in [3.63, 3.8) is 0 Å². The average molecular weight is 381 g/mol. The lowest BCUT2D eigenvalue weighted by atomic mass is 9.83. The normalized spacial score (nSPS) is 26.0. The molecule has 2 heterocycles. The number of rotatable bonds is 5. The molecule has 6 nitrogen and oxygen atoms in total. The number of hydrogen-bond donors (Lipinski definition) is 0. The minimum atomic E-state index is -3.07. The van der Waals surface area contributed by atoms with Gasteiger partial charge in [0, 0.05) is 31.7 Å². The molecule has 1 aromatic carbocycles. The summed E-state index contributed by atoms with van der Waals surface area (Å²) in [6.45, 7) is 4.73. The second-order valence-corrected chi connectivity index (χ2v) is 9.97. The number of fused-ring (bicyclic) bond motifs is 1. The van der Waals surface area contributed by atoms with Gasteiger partial charge in [-0.15, -0.1) is 0 Å². The van der Waals surface area contributed by atoms with Gasteiger partial charge in [0.05, 0.1) is 24.0 Å². The number of sulfone groups is 1. The Morgan fingerprint density at radius 1 is 1.35 bits per heavy atom. The Kier molecular flexibility index (Phi) is 5.30. The van der Waals surface area contributed by atoms with Crippen molar-refractivity contribution in [2.75, 3.05) is 31.8 Å². The van der Waals surface area contributed by atoms with E-state index in [0.717, 1.165) is 11.3 Å². The summed E-state index contributed by atoms with van der Waals surface area (Å²) >= 11 is 0. The lowest BCUT2D eigenvalue weighted by molar-refractivity contribution is -0.137. The van der Waals surface area contributed by atoms with Gasteiger partial charge in [-0.3, -0.25) is 4.79 Å². The van der Waals surface area contributed by atoms with E-state index >= 15 is 0 Å². The number of nitrogens with zero attached hydrogens (tertiary/aromatic N) is 1. The van der Waals surface area contributed by atoms with Crippen molar-refractivity contribution >= 4 is 15.7 Å². The highest BCUT2D eigenvalue weighted by molar-refractivity contribution is 7.91. The van der Waals surface area contributed by atoms with Crippen LogP contribution in [0.25, 0.3) is 0 Å². The van der Waals surface area contributed by atoms with Crippen molar-refractivity contribution < 1.29 is 22.7 Å². The number of carbonyl (C=O) groups is 1. The van der Waals surface area contributed by atoms with Crippen LogP contribution in [0.5, 0.6) is 5.75 Å². The quantitative estimate of drug-likeness (QED) is 0.780. The van der Waals surface area contributed by atoms with E-state index in [2.05, 4.69) is 0 Å². The van der Waals surface area contributed by atoms with Crippen molar-refractivity contribution in [1.82, 2.24) is 4.90 Å². The molecule has 0 aromatic heterocycles. The number of hydrogen-bond acceptors (Lipinski definition) is 5. The van der Waals surface area contributed by atoms with E-state index in [1.165, 1.54) is 0 Å². The van der Waals surface area contributed by atoms with E-state index in [1.54, 1.807) is 12.0 Å². The highest BCUT2D eigenvalue weighted by atomic mass is 32.2. The summed E-state index contributed by atoms with van der Waals surface area (Å²) in [4.78, 5) is 15.2. The van der Waals surface area contributed by atoms with Crippen molar-refractivity contribution in [2.45, 2.75) is 44.2 Å². The molecule has 0 N–H and O–H groups in total. The van der Waals surface area contributed by atoms with Crippen LogP contribution in [0.4, 0.5) is 0 Å². The van der Waals surface area contributed by atoms with E-state index in [4.69, 9.17) is 9.47 Å². The third-order valence-electron chi connectivity index (χ3n) is 5.14. The predicted molar refractivity (Wildman–Crippen MR) is 99.2 cm³/mol. The molecule has 144 valence electrons. The fraction of sp³-hybridized carbons (Fsp3) is 0.632. The van der Waals surface area contributed by atoms with Crippen molar-refractivity contribution in [3.8, 4) is 5.75 Å². The summed E-state index contributed by atoms with van der Waals surface area (Å²) in [5.74, 6) is 0.539. The summed E-state index contributed by atoms with van der Waals surface area (Å²) in [6.07, 6.45) is 1.05. The van der Waals surface area contributed by atoms with E-state index < -0.39 is 15.4 Å². The van der Waals surface area contributed by atoms with Gasteiger partial charge in [0.25, 0.3) is 0 Å². The Morgan fingerprint density at radius 2 is 2.08 bits per heavy atom. The molecule has 3 rings (SSSR count). The van der Waals surface area contributed by atoms with Crippen LogP contribution < -0.4 is 4.74 Å². The van der Waals surface area contributed by atoms with Crippen LogP contribution in [-0.4, -0.2) is 62.6 Å². The molecule has 7 heteroatoms. The van der Waals surface area contributed by atoms with Crippen LogP contribution in [0.2, 0.25) is 0 Å². The largest absolute Gasteiger partial charge is 0.488 e. The van der Waals surface area contributed by atoms with E-state index in [9.17, 15) is 13.2 Å². The Labute approximate surface area is 155 Å². The number of amides is 1. The number of para-hydroxylation sites is 1. The SMILES string of the molecule is COCCN(C(=O)C1CC(C)(C)Oc2ccccc21)C1CCS(=O)(=O)C1. The van der Waals surface area contributed by atoms with Gasteiger partial charge in [0.15, 0.2) is 9.84 Å². The summed E-state index contributed by atoms with van der Waals surface area (Å²) in [6, 6.07) is 7.33. The topological polar surface area (TPSA) is 72.9 Å². The average Bonchev–Trinajstić information content (AvgIpc) is 2.93. The van der Waals surface area contributed by atoms with Crippen molar-refractivity contribution in [1.29, 1.82) is 0 Å². The molecule has 0 bridgehead atoms. The Balaban J connectivity index is 1.91. The Hall–Kier alpha value is -1.60. The molecule has 1 amide bonds.